The van der Waals surface area contributed by atoms with Gasteiger partial charge in [-0.1, -0.05) is 19.4 Å². The summed E-state index contributed by atoms with van der Waals surface area (Å²) >= 11 is 0. The fraction of sp³-hybridized carbons (Fsp3) is 0.467. The van der Waals surface area contributed by atoms with Gasteiger partial charge in [-0.2, -0.15) is 0 Å². The topological polar surface area (TPSA) is 75.6 Å². The van der Waals surface area contributed by atoms with E-state index in [1.807, 2.05) is 13.8 Å². The predicted molar refractivity (Wildman–Crippen MR) is 76.0 cm³/mol. The van der Waals surface area contributed by atoms with Gasteiger partial charge < -0.3 is 15.2 Å². The number of carbonyl (C=O) groups is 2. The van der Waals surface area contributed by atoms with Crippen LogP contribution in [0.5, 0.6) is 5.75 Å². The molecule has 0 fully saturated rings. The van der Waals surface area contributed by atoms with Crippen molar-refractivity contribution in [3.63, 3.8) is 0 Å². The zero-order valence-electron chi connectivity index (χ0n) is 12.4. The molecule has 2 unspecified atom stereocenters. The van der Waals surface area contributed by atoms with E-state index in [1.165, 1.54) is 19.1 Å². The van der Waals surface area contributed by atoms with Gasteiger partial charge in [0.15, 0.2) is 17.7 Å². The van der Waals surface area contributed by atoms with Crippen molar-refractivity contribution in [3.05, 3.63) is 29.6 Å². The Hall–Kier alpha value is -2.11. The molecule has 1 aromatic rings. The lowest BCUT2D eigenvalue weighted by Gasteiger charge is -2.19. The second kappa shape index (κ2) is 7.61. The standard InChI is InChI=1S/C15H20FNO4/c1-4-6-9(2)17-14(18)10(3)21-13-11(15(19)20)7-5-8-12(13)16/h5,7-10H,4,6H2,1-3H3,(H,17,18)(H,19,20). The van der Waals surface area contributed by atoms with Crippen LogP contribution in [0.15, 0.2) is 18.2 Å². The quantitative estimate of drug-likeness (QED) is 0.811. The van der Waals surface area contributed by atoms with E-state index in [0.29, 0.717) is 0 Å². The molecule has 6 heteroatoms. The molecule has 1 amide bonds. The Morgan fingerprint density at radius 2 is 2.05 bits per heavy atom. The van der Waals surface area contributed by atoms with Gasteiger partial charge in [0.05, 0.1) is 0 Å². The summed E-state index contributed by atoms with van der Waals surface area (Å²) < 4.78 is 18.9. The number of benzene rings is 1. The number of carbonyl (C=O) groups excluding carboxylic acids is 1. The predicted octanol–water partition coefficient (Wildman–Crippen LogP) is 2.60. The van der Waals surface area contributed by atoms with Crippen LogP contribution in [0.3, 0.4) is 0 Å². The zero-order chi connectivity index (χ0) is 16.0. The first-order valence-corrected chi connectivity index (χ1v) is 6.85. The average Bonchev–Trinajstić information content (AvgIpc) is 2.40. The van der Waals surface area contributed by atoms with Gasteiger partial charge in [0, 0.05) is 6.04 Å². The average molecular weight is 297 g/mol. The molecule has 21 heavy (non-hydrogen) atoms. The SMILES string of the molecule is CCCC(C)NC(=O)C(C)Oc1c(F)cccc1C(=O)O. The number of hydrogen-bond donors (Lipinski definition) is 2. The smallest absolute Gasteiger partial charge is 0.339 e. The highest BCUT2D eigenvalue weighted by Crippen LogP contribution is 2.24. The van der Waals surface area contributed by atoms with Gasteiger partial charge in [-0.25, -0.2) is 9.18 Å². The highest BCUT2D eigenvalue weighted by Gasteiger charge is 2.22. The summed E-state index contributed by atoms with van der Waals surface area (Å²) in [5, 5.41) is 11.7. The number of rotatable bonds is 7. The van der Waals surface area contributed by atoms with Crippen LogP contribution in [0.4, 0.5) is 4.39 Å². The first kappa shape index (κ1) is 16.9. The highest BCUT2D eigenvalue weighted by atomic mass is 19.1. The Bertz CT molecular complexity index is 518. The summed E-state index contributed by atoms with van der Waals surface area (Å²) in [6.45, 7) is 5.31. The molecule has 0 aliphatic carbocycles. The van der Waals surface area contributed by atoms with Crippen LogP contribution < -0.4 is 10.1 Å². The summed E-state index contributed by atoms with van der Waals surface area (Å²) in [7, 11) is 0. The maximum Gasteiger partial charge on any atom is 0.339 e. The van der Waals surface area contributed by atoms with Gasteiger partial charge in [0.25, 0.3) is 5.91 Å². The molecule has 2 atom stereocenters. The number of carboxylic acid groups (broad SMARTS) is 1. The maximum atomic E-state index is 13.7. The molecule has 0 saturated carbocycles. The van der Waals surface area contributed by atoms with E-state index in [2.05, 4.69) is 5.32 Å². The lowest BCUT2D eigenvalue weighted by molar-refractivity contribution is -0.128. The van der Waals surface area contributed by atoms with E-state index >= 15 is 0 Å². The van der Waals surface area contributed by atoms with Crippen LogP contribution in [0.2, 0.25) is 0 Å². The van der Waals surface area contributed by atoms with Crippen molar-refractivity contribution in [2.24, 2.45) is 0 Å². The minimum Gasteiger partial charge on any atom is -0.478 e. The van der Waals surface area contributed by atoms with Crippen molar-refractivity contribution in [3.8, 4) is 5.75 Å². The maximum absolute atomic E-state index is 13.7. The molecular weight excluding hydrogens is 277 g/mol. The Morgan fingerprint density at radius 3 is 2.62 bits per heavy atom. The first-order chi connectivity index (χ1) is 9.86. The number of ether oxygens (including phenoxy) is 1. The molecule has 1 rings (SSSR count). The largest absolute Gasteiger partial charge is 0.478 e. The molecule has 1 aromatic carbocycles. The van der Waals surface area contributed by atoms with Crippen molar-refractivity contribution < 1.29 is 23.8 Å². The molecule has 0 saturated heterocycles. The van der Waals surface area contributed by atoms with Gasteiger partial charge in [-0.05, 0) is 32.4 Å². The molecule has 0 bridgehead atoms. The second-order valence-corrected chi connectivity index (χ2v) is 4.88. The van der Waals surface area contributed by atoms with Crippen LogP contribution in [-0.2, 0) is 4.79 Å². The first-order valence-electron chi connectivity index (χ1n) is 6.85. The van der Waals surface area contributed by atoms with Crippen molar-refractivity contribution >= 4 is 11.9 Å². The van der Waals surface area contributed by atoms with E-state index in [-0.39, 0.29) is 11.6 Å². The summed E-state index contributed by atoms with van der Waals surface area (Å²) in [4.78, 5) is 23.0. The van der Waals surface area contributed by atoms with E-state index in [9.17, 15) is 14.0 Å². The van der Waals surface area contributed by atoms with Crippen molar-refractivity contribution in [1.29, 1.82) is 0 Å². The monoisotopic (exact) mass is 297 g/mol. The molecule has 0 radical (unpaired) electrons. The number of carboxylic acids is 1. The Morgan fingerprint density at radius 1 is 1.38 bits per heavy atom. The number of halogens is 1. The number of para-hydroxylation sites is 1. The van der Waals surface area contributed by atoms with E-state index in [4.69, 9.17) is 9.84 Å². The third kappa shape index (κ3) is 4.73. The van der Waals surface area contributed by atoms with Crippen molar-refractivity contribution in [1.82, 2.24) is 5.32 Å². The van der Waals surface area contributed by atoms with Crippen molar-refractivity contribution in [2.75, 3.05) is 0 Å². The lowest BCUT2D eigenvalue weighted by atomic mass is 10.2. The molecule has 0 aromatic heterocycles. The van der Waals surface area contributed by atoms with Crippen LogP contribution in [0.25, 0.3) is 0 Å². The molecule has 0 heterocycles. The fourth-order valence-corrected chi connectivity index (χ4v) is 1.89. The van der Waals surface area contributed by atoms with E-state index in [0.717, 1.165) is 18.9 Å². The van der Waals surface area contributed by atoms with Gasteiger partial charge in [-0.3, -0.25) is 4.79 Å². The number of aromatic carboxylic acids is 1. The van der Waals surface area contributed by atoms with Crippen LogP contribution in [0.1, 0.15) is 44.0 Å². The number of hydrogen-bond acceptors (Lipinski definition) is 3. The third-order valence-corrected chi connectivity index (χ3v) is 2.97. The molecule has 0 aliphatic rings. The summed E-state index contributed by atoms with van der Waals surface area (Å²) in [6.07, 6.45) is 0.755. The van der Waals surface area contributed by atoms with Gasteiger partial charge >= 0.3 is 5.97 Å². The minimum absolute atomic E-state index is 0.0203. The Kier molecular flexibility index (Phi) is 6.14. The number of amides is 1. The van der Waals surface area contributed by atoms with Crippen LogP contribution >= 0.6 is 0 Å². The Balaban J connectivity index is 2.81. The molecule has 116 valence electrons. The molecule has 5 nitrogen and oxygen atoms in total. The molecule has 0 aliphatic heterocycles. The summed E-state index contributed by atoms with van der Waals surface area (Å²) in [5.74, 6) is -2.95. The normalized spacial score (nSPS) is 13.3. The van der Waals surface area contributed by atoms with Gasteiger partial charge in [0.1, 0.15) is 5.56 Å². The van der Waals surface area contributed by atoms with E-state index < -0.39 is 29.5 Å². The van der Waals surface area contributed by atoms with E-state index in [1.54, 1.807) is 0 Å². The molecular formula is C15H20FNO4. The minimum atomic E-state index is -1.31. The number of nitrogens with one attached hydrogen (secondary N) is 1. The Labute approximate surface area is 123 Å². The summed E-state index contributed by atoms with van der Waals surface area (Å²) in [6, 6.07) is 3.57. The molecule has 2 N–H and O–H groups in total. The van der Waals surface area contributed by atoms with Crippen LogP contribution in [0, 0.1) is 5.82 Å². The lowest BCUT2D eigenvalue weighted by Crippen LogP contribution is -2.41. The van der Waals surface area contributed by atoms with Crippen molar-refractivity contribution in [2.45, 2.75) is 45.8 Å². The summed E-state index contributed by atoms with van der Waals surface area (Å²) in [5.41, 5.74) is -0.309. The second-order valence-electron chi connectivity index (χ2n) is 4.88. The molecule has 0 spiro atoms. The van der Waals surface area contributed by atoms with Crippen LogP contribution in [-0.4, -0.2) is 29.1 Å². The highest BCUT2D eigenvalue weighted by molar-refractivity contribution is 5.91. The zero-order valence-corrected chi connectivity index (χ0v) is 12.4. The van der Waals surface area contributed by atoms with Gasteiger partial charge in [0.2, 0.25) is 0 Å². The fourth-order valence-electron chi connectivity index (χ4n) is 1.89. The van der Waals surface area contributed by atoms with Gasteiger partial charge in [-0.15, -0.1) is 0 Å². The third-order valence-electron chi connectivity index (χ3n) is 2.97.